The average molecular weight is 271 g/mol. The number of halogens is 1. The van der Waals surface area contributed by atoms with Gasteiger partial charge in [0.15, 0.2) is 0 Å². The number of aliphatic carboxylic acids is 1. The Kier molecular flexibility index (Phi) is 2.90. The number of pyridine rings is 1. The average Bonchev–Trinajstić information content (AvgIpc) is 2.67. The molecule has 4 nitrogen and oxygen atoms in total. The molecule has 1 saturated heterocycles. The Balaban J connectivity index is 2.30. The Hall–Kier alpha value is -1.10. The quantitative estimate of drug-likeness (QED) is 0.892. The minimum absolute atomic E-state index is 0.399. The Morgan fingerprint density at radius 1 is 1.67 bits per heavy atom. The number of hydrogen-bond donors (Lipinski definition) is 1. The number of carboxylic acid groups (broad SMARTS) is 1. The molecule has 0 spiro atoms. The van der Waals surface area contributed by atoms with E-state index >= 15 is 0 Å². The fraction of sp³-hybridized carbons (Fsp3) is 0.400. The minimum atomic E-state index is -0.754. The molecule has 0 amide bonds. The first-order chi connectivity index (χ1) is 7.20. The van der Waals surface area contributed by atoms with Gasteiger partial charge in [0, 0.05) is 18.9 Å². The van der Waals surface area contributed by atoms with Crippen molar-refractivity contribution in [3.05, 3.63) is 22.9 Å². The zero-order valence-corrected chi connectivity index (χ0v) is 9.64. The van der Waals surface area contributed by atoms with E-state index in [2.05, 4.69) is 20.9 Å². The van der Waals surface area contributed by atoms with Crippen LogP contribution in [0.1, 0.15) is 12.8 Å². The third kappa shape index (κ3) is 1.97. The van der Waals surface area contributed by atoms with Crippen molar-refractivity contribution >= 4 is 27.6 Å². The lowest BCUT2D eigenvalue weighted by molar-refractivity contribution is -0.138. The van der Waals surface area contributed by atoms with Crippen LogP contribution in [0.15, 0.2) is 22.9 Å². The second-order valence-corrected chi connectivity index (χ2v) is 4.37. The highest BCUT2D eigenvalue weighted by atomic mass is 79.9. The Bertz CT molecular complexity index is 383. The molecule has 2 heterocycles. The monoisotopic (exact) mass is 270 g/mol. The topological polar surface area (TPSA) is 53.4 Å². The van der Waals surface area contributed by atoms with Gasteiger partial charge >= 0.3 is 5.97 Å². The van der Waals surface area contributed by atoms with Crippen LogP contribution in [-0.2, 0) is 4.79 Å². The minimum Gasteiger partial charge on any atom is -0.480 e. The fourth-order valence-corrected chi connectivity index (χ4v) is 2.39. The van der Waals surface area contributed by atoms with Crippen LogP contribution < -0.4 is 4.90 Å². The van der Waals surface area contributed by atoms with Crippen molar-refractivity contribution in [2.24, 2.45) is 0 Å². The van der Waals surface area contributed by atoms with Crippen molar-refractivity contribution in [3.8, 4) is 0 Å². The summed E-state index contributed by atoms with van der Waals surface area (Å²) in [5, 5.41) is 9.06. The molecular weight excluding hydrogens is 260 g/mol. The molecule has 0 unspecified atom stereocenters. The molecule has 5 heteroatoms. The molecule has 15 heavy (non-hydrogen) atoms. The molecule has 80 valence electrons. The maximum absolute atomic E-state index is 11.0. The molecule has 0 bridgehead atoms. The molecule has 1 atom stereocenters. The van der Waals surface area contributed by atoms with Crippen LogP contribution in [0, 0.1) is 0 Å². The molecular formula is C10H11BrN2O2. The predicted octanol–water partition coefficient (Wildman–Crippen LogP) is 1.90. The van der Waals surface area contributed by atoms with E-state index in [0.717, 1.165) is 23.1 Å². The summed E-state index contributed by atoms with van der Waals surface area (Å²) < 4.78 is 0.846. The van der Waals surface area contributed by atoms with Crippen LogP contribution in [0.3, 0.4) is 0 Å². The molecule has 1 fully saturated rings. The van der Waals surface area contributed by atoms with E-state index in [1.54, 1.807) is 12.4 Å². The summed E-state index contributed by atoms with van der Waals surface area (Å²) in [5.74, 6) is -0.754. The van der Waals surface area contributed by atoms with Gasteiger partial charge in [0.25, 0.3) is 0 Å². The van der Waals surface area contributed by atoms with Gasteiger partial charge in [-0.05, 0) is 34.8 Å². The molecule has 2 rings (SSSR count). The summed E-state index contributed by atoms with van der Waals surface area (Å²) >= 11 is 3.39. The fourth-order valence-electron chi connectivity index (χ4n) is 1.91. The second kappa shape index (κ2) is 4.18. The van der Waals surface area contributed by atoms with Crippen molar-refractivity contribution in [3.63, 3.8) is 0 Å². The smallest absolute Gasteiger partial charge is 0.326 e. The lowest BCUT2D eigenvalue weighted by atomic mass is 10.2. The van der Waals surface area contributed by atoms with Crippen molar-refractivity contribution in [1.82, 2.24) is 4.98 Å². The van der Waals surface area contributed by atoms with Crippen molar-refractivity contribution in [2.45, 2.75) is 18.9 Å². The summed E-state index contributed by atoms with van der Waals surface area (Å²) in [6.07, 6.45) is 5.00. The first kappa shape index (κ1) is 10.4. The summed E-state index contributed by atoms with van der Waals surface area (Å²) in [4.78, 5) is 16.9. The highest BCUT2D eigenvalue weighted by molar-refractivity contribution is 9.10. The molecule has 0 saturated carbocycles. The van der Waals surface area contributed by atoms with Crippen molar-refractivity contribution < 1.29 is 9.90 Å². The van der Waals surface area contributed by atoms with E-state index in [-0.39, 0.29) is 0 Å². The largest absolute Gasteiger partial charge is 0.480 e. The van der Waals surface area contributed by atoms with E-state index in [0.29, 0.717) is 6.42 Å². The highest BCUT2D eigenvalue weighted by Gasteiger charge is 2.31. The zero-order chi connectivity index (χ0) is 10.8. The number of carbonyl (C=O) groups is 1. The van der Waals surface area contributed by atoms with Crippen molar-refractivity contribution in [2.75, 3.05) is 11.4 Å². The van der Waals surface area contributed by atoms with Gasteiger partial charge < -0.3 is 10.0 Å². The molecule has 0 aliphatic carbocycles. The predicted molar refractivity (Wildman–Crippen MR) is 59.9 cm³/mol. The third-order valence-corrected chi connectivity index (χ3v) is 3.21. The molecule has 1 aromatic rings. The molecule has 1 aliphatic heterocycles. The summed E-state index contributed by atoms with van der Waals surface area (Å²) in [7, 11) is 0. The molecule has 1 aliphatic rings. The van der Waals surface area contributed by atoms with Crippen LogP contribution >= 0.6 is 15.9 Å². The van der Waals surface area contributed by atoms with Gasteiger partial charge in [-0.3, -0.25) is 4.98 Å². The molecule has 1 N–H and O–H groups in total. The Morgan fingerprint density at radius 2 is 2.47 bits per heavy atom. The van der Waals surface area contributed by atoms with Crippen LogP contribution in [0.2, 0.25) is 0 Å². The Morgan fingerprint density at radius 3 is 3.13 bits per heavy atom. The van der Waals surface area contributed by atoms with Gasteiger partial charge in [0.2, 0.25) is 0 Å². The molecule has 0 radical (unpaired) electrons. The van der Waals surface area contributed by atoms with E-state index in [1.807, 2.05) is 11.0 Å². The van der Waals surface area contributed by atoms with Crippen LogP contribution in [-0.4, -0.2) is 28.6 Å². The number of hydrogen-bond acceptors (Lipinski definition) is 3. The van der Waals surface area contributed by atoms with Gasteiger partial charge in [-0.2, -0.15) is 0 Å². The first-order valence-corrected chi connectivity index (χ1v) is 5.58. The maximum atomic E-state index is 11.0. The van der Waals surface area contributed by atoms with E-state index in [4.69, 9.17) is 5.11 Å². The third-order valence-electron chi connectivity index (χ3n) is 2.60. The van der Waals surface area contributed by atoms with Gasteiger partial charge in [0.05, 0.1) is 10.2 Å². The van der Waals surface area contributed by atoms with Crippen LogP contribution in [0.25, 0.3) is 0 Å². The normalized spacial score (nSPS) is 20.6. The van der Waals surface area contributed by atoms with E-state index < -0.39 is 12.0 Å². The standard InChI is InChI=1S/C10H11BrN2O2/c11-7-6-12-4-3-8(7)13-5-1-2-9(13)10(14)15/h3-4,6,9H,1-2,5H2,(H,14,15)/t9-/m1/s1. The zero-order valence-electron chi connectivity index (χ0n) is 8.06. The van der Waals surface area contributed by atoms with Gasteiger partial charge in [-0.25, -0.2) is 4.79 Å². The van der Waals surface area contributed by atoms with E-state index in [9.17, 15) is 4.79 Å². The highest BCUT2D eigenvalue weighted by Crippen LogP contribution is 2.31. The van der Waals surface area contributed by atoms with Gasteiger partial charge in [-0.1, -0.05) is 0 Å². The summed E-state index contributed by atoms with van der Waals surface area (Å²) in [6, 6.07) is 1.44. The number of aromatic nitrogens is 1. The number of nitrogens with zero attached hydrogens (tertiary/aromatic N) is 2. The van der Waals surface area contributed by atoms with Crippen LogP contribution in [0.5, 0.6) is 0 Å². The summed E-state index contributed by atoms with van der Waals surface area (Å²) in [5.41, 5.74) is 0.912. The second-order valence-electron chi connectivity index (χ2n) is 3.52. The maximum Gasteiger partial charge on any atom is 0.326 e. The van der Waals surface area contributed by atoms with Gasteiger partial charge in [0.1, 0.15) is 6.04 Å². The summed E-state index contributed by atoms with van der Waals surface area (Å²) in [6.45, 7) is 0.791. The van der Waals surface area contributed by atoms with Gasteiger partial charge in [-0.15, -0.1) is 0 Å². The Labute approximate surface area is 96.1 Å². The SMILES string of the molecule is O=C(O)[C@H]1CCCN1c1ccncc1Br. The number of anilines is 1. The van der Waals surface area contributed by atoms with Crippen molar-refractivity contribution in [1.29, 1.82) is 0 Å². The van der Waals surface area contributed by atoms with Crippen LogP contribution in [0.4, 0.5) is 5.69 Å². The molecule has 0 aromatic carbocycles. The number of carboxylic acids is 1. The number of rotatable bonds is 2. The lowest BCUT2D eigenvalue weighted by Gasteiger charge is -2.24. The molecule has 1 aromatic heterocycles. The lowest BCUT2D eigenvalue weighted by Crippen LogP contribution is -2.36. The van der Waals surface area contributed by atoms with E-state index in [1.165, 1.54) is 0 Å². The first-order valence-electron chi connectivity index (χ1n) is 4.79.